The van der Waals surface area contributed by atoms with Gasteiger partial charge in [-0.05, 0) is 18.1 Å². The zero-order valence-electron chi connectivity index (χ0n) is 11.1. The fourth-order valence-corrected chi connectivity index (χ4v) is 3.13. The first-order valence-electron chi connectivity index (χ1n) is 6.07. The highest BCUT2D eigenvalue weighted by molar-refractivity contribution is 7.90. The predicted octanol–water partition coefficient (Wildman–Crippen LogP) is 1.26. The van der Waals surface area contributed by atoms with Gasteiger partial charge in [-0.1, -0.05) is 26.0 Å². The summed E-state index contributed by atoms with van der Waals surface area (Å²) >= 11 is 0. The molecule has 1 aromatic rings. The summed E-state index contributed by atoms with van der Waals surface area (Å²) in [4.78, 5) is 2.42. The Balaban J connectivity index is 2.28. The number of rotatable bonds is 3. The third-order valence-electron chi connectivity index (χ3n) is 3.73. The molecule has 1 heterocycles. The Kier molecular flexibility index (Phi) is 3.15. The second-order valence-corrected chi connectivity index (χ2v) is 7.47. The van der Waals surface area contributed by atoms with Crippen molar-refractivity contribution < 1.29 is 8.42 Å². The molecule has 1 saturated heterocycles. The van der Waals surface area contributed by atoms with Crippen LogP contribution in [0.25, 0.3) is 0 Å². The zero-order chi connectivity index (χ0) is 13.6. The molecule has 4 nitrogen and oxygen atoms in total. The fourth-order valence-electron chi connectivity index (χ4n) is 2.23. The number of nitrogens with two attached hydrogens (primary N) is 1. The van der Waals surface area contributed by atoms with E-state index >= 15 is 0 Å². The van der Waals surface area contributed by atoms with Crippen LogP contribution >= 0.6 is 0 Å². The Bertz CT molecular complexity index is 546. The highest BCUT2D eigenvalue weighted by Crippen LogP contribution is 2.34. The van der Waals surface area contributed by atoms with Crippen LogP contribution in [0.2, 0.25) is 0 Å². The molecule has 1 aliphatic rings. The van der Waals surface area contributed by atoms with Crippen LogP contribution in [0.15, 0.2) is 29.2 Å². The van der Waals surface area contributed by atoms with Crippen LogP contribution < -0.4 is 10.6 Å². The highest BCUT2D eigenvalue weighted by Gasteiger charge is 2.42. The first kappa shape index (κ1) is 13.4. The predicted molar refractivity (Wildman–Crippen MR) is 73.5 cm³/mol. The average Bonchev–Trinajstić information content (AvgIpc) is 2.23. The van der Waals surface area contributed by atoms with Gasteiger partial charge in [0, 0.05) is 19.3 Å². The molecule has 1 aromatic carbocycles. The monoisotopic (exact) mass is 268 g/mol. The summed E-state index contributed by atoms with van der Waals surface area (Å²) in [6, 6.07) is 7.10. The van der Waals surface area contributed by atoms with Gasteiger partial charge in [-0.15, -0.1) is 0 Å². The summed E-state index contributed by atoms with van der Waals surface area (Å²) in [6.45, 7) is 5.61. The molecule has 0 radical (unpaired) electrons. The number of para-hydroxylation sites is 1. The van der Waals surface area contributed by atoms with E-state index < -0.39 is 9.84 Å². The van der Waals surface area contributed by atoms with E-state index in [0.717, 1.165) is 5.69 Å². The second-order valence-electron chi connectivity index (χ2n) is 5.48. The van der Waals surface area contributed by atoms with Gasteiger partial charge in [-0.25, -0.2) is 8.42 Å². The lowest BCUT2D eigenvalue weighted by Crippen LogP contribution is -2.70. The summed E-state index contributed by atoms with van der Waals surface area (Å²) in [5, 5.41) is 0. The van der Waals surface area contributed by atoms with Gasteiger partial charge < -0.3 is 10.6 Å². The Morgan fingerprint density at radius 2 is 1.83 bits per heavy atom. The smallest absolute Gasteiger partial charge is 0.177 e. The number of nitrogens with zero attached hydrogens (tertiary/aromatic N) is 1. The van der Waals surface area contributed by atoms with Crippen molar-refractivity contribution in [2.45, 2.75) is 24.3 Å². The molecule has 0 saturated carbocycles. The number of hydrogen-bond acceptors (Lipinski definition) is 4. The van der Waals surface area contributed by atoms with Crippen LogP contribution in [0.5, 0.6) is 0 Å². The molecule has 5 heteroatoms. The second kappa shape index (κ2) is 4.24. The van der Waals surface area contributed by atoms with E-state index in [4.69, 9.17) is 5.73 Å². The van der Waals surface area contributed by atoms with Gasteiger partial charge in [-0.2, -0.15) is 0 Å². The molecule has 100 valence electrons. The zero-order valence-corrected chi connectivity index (χ0v) is 11.9. The third kappa shape index (κ3) is 2.24. The first-order valence-corrected chi connectivity index (χ1v) is 7.96. The Morgan fingerprint density at radius 1 is 1.28 bits per heavy atom. The maximum Gasteiger partial charge on any atom is 0.177 e. The quantitative estimate of drug-likeness (QED) is 0.896. The molecule has 2 rings (SSSR count). The molecule has 0 atom stereocenters. The van der Waals surface area contributed by atoms with E-state index in [9.17, 15) is 8.42 Å². The minimum Gasteiger partial charge on any atom is -0.367 e. The van der Waals surface area contributed by atoms with Crippen molar-refractivity contribution in [3.05, 3.63) is 24.3 Å². The standard InChI is InChI=1S/C13H20N2O2S/c1-10(2)13(14)8-15(9-13)11-6-4-5-7-12(11)18(3,16)17/h4-7,10H,8-9,14H2,1-3H3. The molecule has 2 N–H and O–H groups in total. The minimum atomic E-state index is -3.19. The molecular formula is C13H20N2O2S. The first-order chi connectivity index (χ1) is 8.24. The maximum absolute atomic E-state index is 11.7. The maximum atomic E-state index is 11.7. The summed E-state index contributed by atoms with van der Waals surface area (Å²) in [7, 11) is -3.19. The van der Waals surface area contributed by atoms with E-state index in [1.807, 2.05) is 17.0 Å². The third-order valence-corrected chi connectivity index (χ3v) is 4.87. The van der Waals surface area contributed by atoms with Crippen molar-refractivity contribution in [1.82, 2.24) is 0 Å². The van der Waals surface area contributed by atoms with Crippen LogP contribution in [0, 0.1) is 5.92 Å². The molecular weight excluding hydrogens is 248 g/mol. The van der Waals surface area contributed by atoms with Crippen molar-refractivity contribution in [3.63, 3.8) is 0 Å². The van der Waals surface area contributed by atoms with E-state index in [-0.39, 0.29) is 5.54 Å². The number of hydrogen-bond donors (Lipinski definition) is 1. The van der Waals surface area contributed by atoms with Crippen molar-refractivity contribution >= 4 is 15.5 Å². The summed E-state index contributed by atoms with van der Waals surface area (Å²) in [6.07, 6.45) is 1.24. The molecule has 1 fully saturated rings. The largest absolute Gasteiger partial charge is 0.367 e. The molecule has 18 heavy (non-hydrogen) atoms. The van der Waals surface area contributed by atoms with Crippen LogP contribution in [-0.2, 0) is 9.84 Å². The average molecular weight is 268 g/mol. The minimum absolute atomic E-state index is 0.204. The normalized spacial score (nSPS) is 18.8. The summed E-state index contributed by atoms with van der Waals surface area (Å²) < 4.78 is 23.5. The SMILES string of the molecule is CC(C)C1(N)CN(c2ccccc2S(C)(=O)=O)C1. The van der Waals surface area contributed by atoms with Crippen LogP contribution in [0.1, 0.15) is 13.8 Å². The van der Waals surface area contributed by atoms with Crippen molar-refractivity contribution in [2.75, 3.05) is 24.2 Å². The van der Waals surface area contributed by atoms with Gasteiger partial charge in [-0.3, -0.25) is 0 Å². The lowest BCUT2D eigenvalue weighted by molar-refractivity contribution is 0.244. The lowest BCUT2D eigenvalue weighted by atomic mass is 9.80. The Morgan fingerprint density at radius 3 is 2.33 bits per heavy atom. The molecule has 0 aromatic heterocycles. The topological polar surface area (TPSA) is 63.4 Å². The van der Waals surface area contributed by atoms with E-state index in [1.165, 1.54) is 6.26 Å². The highest BCUT2D eigenvalue weighted by atomic mass is 32.2. The molecule has 0 unspecified atom stereocenters. The molecule has 0 bridgehead atoms. The van der Waals surface area contributed by atoms with E-state index in [1.54, 1.807) is 12.1 Å². The van der Waals surface area contributed by atoms with Gasteiger partial charge in [0.2, 0.25) is 0 Å². The lowest BCUT2D eigenvalue weighted by Gasteiger charge is -2.52. The van der Waals surface area contributed by atoms with E-state index in [0.29, 0.717) is 23.9 Å². The number of anilines is 1. The molecule has 1 aliphatic heterocycles. The number of sulfone groups is 1. The van der Waals surface area contributed by atoms with Crippen molar-refractivity contribution in [3.8, 4) is 0 Å². The fraction of sp³-hybridized carbons (Fsp3) is 0.538. The summed E-state index contributed by atoms with van der Waals surface area (Å²) in [5.41, 5.74) is 6.80. The van der Waals surface area contributed by atoms with Gasteiger partial charge in [0.1, 0.15) is 0 Å². The van der Waals surface area contributed by atoms with Crippen LogP contribution in [0.3, 0.4) is 0 Å². The van der Waals surface area contributed by atoms with Crippen LogP contribution in [0.4, 0.5) is 5.69 Å². The Hall–Kier alpha value is -1.07. The Labute approximate surface area is 109 Å². The van der Waals surface area contributed by atoms with Gasteiger partial charge >= 0.3 is 0 Å². The van der Waals surface area contributed by atoms with Gasteiger partial charge in [0.05, 0.1) is 16.1 Å². The van der Waals surface area contributed by atoms with Crippen molar-refractivity contribution in [2.24, 2.45) is 11.7 Å². The van der Waals surface area contributed by atoms with E-state index in [2.05, 4.69) is 13.8 Å². The van der Waals surface area contributed by atoms with Gasteiger partial charge in [0.25, 0.3) is 0 Å². The molecule has 0 aliphatic carbocycles. The number of benzene rings is 1. The molecule has 0 amide bonds. The van der Waals surface area contributed by atoms with Crippen molar-refractivity contribution in [1.29, 1.82) is 0 Å². The molecule has 0 spiro atoms. The van der Waals surface area contributed by atoms with Gasteiger partial charge in [0.15, 0.2) is 9.84 Å². The summed E-state index contributed by atoms with van der Waals surface area (Å²) in [5.74, 6) is 0.388. The van der Waals surface area contributed by atoms with Crippen LogP contribution in [-0.4, -0.2) is 33.3 Å².